The summed E-state index contributed by atoms with van der Waals surface area (Å²) in [5, 5.41) is 15.7. The molecule has 24 heavy (non-hydrogen) atoms. The number of rotatable bonds is 10. The highest BCUT2D eigenvalue weighted by Gasteiger charge is 2.26. The zero-order valence-electron chi connectivity index (χ0n) is 15.8. The zero-order chi connectivity index (χ0) is 18.8. The minimum atomic E-state index is -0.980. The summed E-state index contributed by atoms with van der Waals surface area (Å²) in [5.41, 5.74) is -0.617. The maximum Gasteiger partial charge on any atom is 0.407 e. The van der Waals surface area contributed by atoms with E-state index in [9.17, 15) is 14.7 Å². The fourth-order valence-electron chi connectivity index (χ4n) is 2.09. The largest absolute Gasteiger partial charge is 0.444 e. The molecule has 7 heteroatoms. The summed E-state index contributed by atoms with van der Waals surface area (Å²) in [6, 6.07) is -0.544. The highest BCUT2D eigenvalue weighted by atomic mass is 16.6. The number of carbonyl (C=O) groups is 2. The molecule has 0 aliphatic heterocycles. The van der Waals surface area contributed by atoms with Crippen molar-refractivity contribution >= 4 is 12.0 Å². The molecule has 0 spiro atoms. The molecule has 0 bridgehead atoms. The van der Waals surface area contributed by atoms with E-state index in [2.05, 4.69) is 10.6 Å². The van der Waals surface area contributed by atoms with Crippen LogP contribution in [0.2, 0.25) is 0 Å². The van der Waals surface area contributed by atoms with Gasteiger partial charge in [0.05, 0.1) is 25.2 Å². The Bertz CT molecular complexity index is 380. The van der Waals surface area contributed by atoms with Gasteiger partial charge in [-0.3, -0.25) is 4.79 Å². The minimum Gasteiger partial charge on any atom is -0.444 e. The van der Waals surface area contributed by atoms with E-state index in [0.29, 0.717) is 26.2 Å². The van der Waals surface area contributed by atoms with Gasteiger partial charge in [0.1, 0.15) is 5.60 Å². The van der Waals surface area contributed by atoms with Gasteiger partial charge in [-0.2, -0.15) is 0 Å². The number of aliphatic hydroxyl groups is 1. The number of carbonyl (C=O) groups excluding carboxylic acids is 2. The molecule has 2 atom stereocenters. The van der Waals surface area contributed by atoms with Crippen molar-refractivity contribution in [3.8, 4) is 0 Å². The van der Waals surface area contributed by atoms with E-state index in [1.165, 1.54) is 0 Å². The van der Waals surface area contributed by atoms with E-state index in [-0.39, 0.29) is 18.2 Å². The summed E-state index contributed by atoms with van der Waals surface area (Å²) in [7, 11) is 0. The van der Waals surface area contributed by atoms with Crippen LogP contribution < -0.4 is 10.6 Å². The van der Waals surface area contributed by atoms with Crippen LogP contribution in [-0.4, -0.2) is 54.6 Å². The van der Waals surface area contributed by atoms with Crippen molar-refractivity contribution in [2.45, 2.75) is 72.1 Å². The van der Waals surface area contributed by atoms with Crippen LogP contribution in [0, 0.1) is 5.92 Å². The molecule has 0 unspecified atom stereocenters. The van der Waals surface area contributed by atoms with Gasteiger partial charge in [0.25, 0.3) is 0 Å². The number of hydrogen-bond donors (Lipinski definition) is 3. The molecule has 0 saturated heterocycles. The van der Waals surface area contributed by atoms with E-state index in [0.717, 1.165) is 0 Å². The lowest BCUT2D eigenvalue weighted by molar-refractivity contribution is -0.123. The molecule has 0 aromatic rings. The van der Waals surface area contributed by atoms with Gasteiger partial charge in [-0.15, -0.1) is 0 Å². The maximum atomic E-state index is 11.9. The zero-order valence-corrected chi connectivity index (χ0v) is 15.8. The second-order valence-electron chi connectivity index (χ2n) is 7.20. The van der Waals surface area contributed by atoms with E-state index >= 15 is 0 Å². The van der Waals surface area contributed by atoms with Crippen LogP contribution in [0.15, 0.2) is 0 Å². The third kappa shape index (κ3) is 12.1. The highest BCUT2D eigenvalue weighted by molar-refractivity contribution is 5.76. The van der Waals surface area contributed by atoms with Crippen LogP contribution in [0.3, 0.4) is 0 Å². The van der Waals surface area contributed by atoms with Crippen molar-refractivity contribution in [1.82, 2.24) is 10.6 Å². The van der Waals surface area contributed by atoms with Gasteiger partial charge in [-0.05, 0) is 40.0 Å². The lowest BCUT2D eigenvalue weighted by Crippen LogP contribution is -2.47. The normalized spacial score (nSPS) is 14.2. The molecule has 0 aromatic heterocycles. The Kier molecular flexibility index (Phi) is 10.6. The molecule has 0 rings (SSSR count). The average molecular weight is 346 g/mol. The summed E-state index contributed by atoms with van der Waals surface area (Å²) in [4.78, 5) is 23.8. The standard InChI is InChI=1S/C17H34N2O5/c1-7-23-9-8-18-15(21)11-14(20)13(10-12(2)3)19-16(22)24-17(4,5)6/h12-14,20H,7-11H2,1-6H3,(H,18,21)(H,19,22)/t13-,14-/m0/s1. The SMILES string of the molecule is CCOCCNC(=O)C[C@H](O)[C@H](CC(C)C)NC(=O)OC(C)(C)C. The van der Waals surface area contributed by atoms with Crippen LogP contribution in [0.4, 0.5) is 4.79 Å². The van der Waals surface area contributed by atoms with Crippen molar-refractivity contribution in [2.24, 2.45) is 5.92 Å². The molecule has 0 aliphatic carbocycles. The van der Waals surface area contributed by atoms with Gasteiger partial charge in [0.15, 0.2) is 0 Å². The Balaban J connectivity index is 4.51. The van der Waals surface area contributed by atoms with Gasteiger partial charge >= 0.3 is 6.09 Å². The lowest BCUT2D eigenvalue weighted by atomic mass is 9.97. The van der Waals surface area contributed by atoms with Gasteiger partial charge < -0.3 is 25.2 Å². The second-order valence-corrected chi connectivity index (χ2v) is 7.20. The van der Waals surface area contributed by atoms with Crippen molar-refractivity contribution in [1.29, 1.82) is 0 Å². The molecule has 0 radical (unpaired) electrons. The van der Waals surface area contributed by atoms with E-state index in [1.807, 2.05) is 20.8 Å². The number of hydrogen-bond acceptors (Lipinski definition) is 5. The fraction of sp³-hybridized carbons (Fsp3) is 0.882. The summed E-state index contributed by atoms with van der Waals surface area (Å²) in [6.45, 7) is 12.6. The van der Waals surface area contributed by atoms with Gasteiger partial charge in [-0.1, -0.05) is 13.8 Å². The third-order valence-electron chi connectivity index (χ3n) is 3.06. The number of amides is 2. The first-order valence-electron chi connectivity index (χ1n) is 8.57. The highest BCUT2D eigenvalue weighted by Crippen LogP contribution is 2.13. The van der Waals surface area contributed by atoms with Crippen molar-refractivity contribution in [2.75, 3.05) is 19.8 Å². The number of ether oxygens (including phenoxy) is 2. The Morgan fingerprint density at radius 1 is 1.21 bits per heavy atom. The third-order valence-corrected chi connectivity index (χ3v) is 3.06. The van der Waals surface area contributed by atoms with E-state index in [4.69, 9.17) is 9.47 Å². The molecular weight excluding hydrogens is 312 g/mol. The van der Waals surface area contributed by atoms with Crippen LogP contribution >= 0.6 is 0 Å². The second kappa shape index (κ2) is 11.3. The Morgan fingerprint density at radius 2 is 1.83 bits per heavy atom. The molecule has 0 fully saturated rings. The van der Waals surface area contributed by atoms with Gasteiger partial charge in [0, 0.05) is 13.2 Å². The average Bonchev–Trinajstić information content (AvgIpc) is 2.40. The van der Waals surface area contributed by atoms with E-state index < -0.39 is 23.8 Å². The van der Waals surface area contributed by atoms with Gasteiger partial charge in [0.2, 0.25) is 5.91 Å². The predicted molar refractivity (Wildman–Crippen MR) is 92.7 cm³/mol. The Labute approximate surface area is 145 Å². The molecule has 2 amide bonds. The Morgan fingerprint density at radius 3 is 2.33 bits per heavy atom. The quantitative estimate of drug-likeness (QED) is 0.524. The topological polar surface area (TPSA) is 96.9 Å². The van der Waals surface area contributed by atoms with Gasteiger partial charge in [-0.25, -0.2) is 4.79 Å². The summed E-state index contributed by atoms with van der Waals surface area (Å²) in [5.74, 6) is -0.0254. The monoisotopic (exact) mass is 346 g/mol. The Hall–Kier alpha value is -1.34. The molecule has 0 saturated carbocycles. The van der Waals surface area contributed by atoms with Crippen LogP contribution in [0.5, 0.6) is 0 Å². The smallest absolute Gasteiger partial charge is 0.407 e. The summed E-state index contributed by atoms with van der Waals surface area (Å²) < 4.78 is 10.4. The summed E-state index contributed by atoms with van der Waals surface area (Å²) in [6.07, 6.45) is -1.11. The fourth-order valence-corrected chi connectivity index (χ4v) is 2.09. The first-order valence-corrected chi connectivity index (χ1v) is 8.57. The lowest BCUT2D eigenvalue weighted by Gasteiger charge is -2.27. The molecule has 3 N–H and O–H groups in total. The summed E-state index contributed by atoms with van der Waals surface area (Å²) >= 11 is 0. The molecule has 142 valence electrons. The van der Waals surface area contributed by atoms with Crippen molar-refractivity contribution in [3.63, 3.8) is 0 Å². The molecule has 7 nitrogen and oxygen atoms in total. The maximum absolute atomic E-state index is 11.9. The van der Waals surface area contributed by atoms with Crippen molar-refractivity contribution < 1.29 is 24.2 Å². The number of nitrogens with one attached hydrogen (secondary N) is 2. The first kappa shape index (κ1) is 22.7. The molecule has 0 heterocycles. The minimum absolute atomic E-state index is 0.0840. The molecule has 0 aliphatic rings. The first-order chi connectivity index (χ1) is 11.0. The van der Waals surface area contributed by atoms with Crippen LogP contribution in [0.25, 0.3) is 0 Å². The predicted octanol–water partition coefficient (Wildman–Crippen LogP) is 1.83. The van der Waals surface area contributed by atoms with Crippen LogP contribution in [-0.2, 0) is 14.3 Å². The number of alkyl carbamates (subject to hydrolysis) is 1. The molecular formula is C17H34N2O5. The van der Waals surface area contributed by atoms with Crippen LogP contribution in [0.1, 0.15) is 54.4 Å². The molecule has 0 aromatic carbocycles. The van der Waals surface area contributed by atoms with E-state index in [1.54, 1.807) is 20.8 Å². The van der Waals surface area contributed by atoms with Crippen molar-refractivity contribution in [3.05, 3.63) is 0 Å². The number of aliphatic hydroxyl groups excluding tert-OH is 1.